The standard InChI is InChI=1S/C40H24N2/c1-2-10-24-22-32-31(21-23(24)9-1)37(33-13-5-7-19-41-33)39-29-17-15-27-25-11-3-4-12-26(25)28-16-18-30(36(29)35(27)28)40(39)38(32)34-14-6-8-20-42-34/h1-22,35-36H. The first-order chi connectivity index (χ1) is 20.9. The Morgan fingerprint density at radius 3 is 1.31 bits per heavy atom. The average molecular weight is 533 g/mol. The van der Waals surface area contributed by atoms with Crippen LogP contribution in [0, 0.1) is 11.8 Å². The van der Waals surface area contributed by atoms with Gasteiger partial charge in [0.15, 0.2) is 0 Å². The first kappa shape index (κ1) is 22.4. The Kier molecular flexibility index (Phi) is 4.32. The van der Waals surface area contributed by atoms with E-state index in [1.165, 1.54) is 77.2 Å². The molecule has 42 heavy (non-hydrogen) atoms. The summed E-state index contributed by atoms with van der Waals surface area (Å²) >= 11 is 0. The molecule has 0 radical (unpaired) electrons. The lowest BCUT2D eigenvalue weighted by molar-refractivity contribution is 0.758. The number of hydrogen-bond acceptors (Lipinski definition) is 2. The van der Waals surface area contributed by atoms with Gasteiger partial charge in [-0.25, -0.2) is 0 Å². The van der Waals surface area contributed by atoms with E-state index in [1.807, 2.05) is 24.5 Å². The summed E-state index contributed by atoms with van der Waals surface area (Å²) in [6.45, 7) is 0. The van der Waals surface area contributed by atoms with Gasteiger partial charge >= 0.3 is 0 Å². The number of allylic oxidation sites excluding steroid dienone is 8. The average Bonchev–Trinajstić information content (AvgIpc) is 3.56. The van der Waals surface area contributed by atoms with Crippen LogP contribution in [0.5, 0.6) is 0 Å². The predicted octanol–water partition coefficient (Wildman–Crippen LogP) is 9.64. The van der Waals surface area contributed by atoms with Crippen LogP contribution in [-0.4, -0.2) is 9.97 Å². The normalized spacial score (nSPS) is 19.0. The topological polar surface area (TPSA) is 25.8 Å². The van der Waals surface area contributed by atoms with Gasteiger partial charge in [0.1, 0.15) is 0 Å². The van der Waals surface area contributed by atoms with E-state index in [0.29, 0.717) is 5.92 Å². The molecule has 194 valence electrons. The van der Waals surface area contributed by atoms with Crippen molar-refractivity contribution in [2.45, 2.75) is 0 Å². The maximum atomic E-state index is 4.97. The number of benzene rings is 4. The summed E-state index contributed by atoms with van der Waals surface area (Å²) in [7, 11) is 0. The van der Waals surface area contributed by atoms with E-state index in [2.05, 4.69) is 109 Å². The number of pyridine rings is 2. The van der Waals surface area contributed by atoms with Crippen LogP contribution in [0.2, 0.25) is 0 Å². The van der Waals surface area contributed by atoms with Gasteiger partial charge in [-0.05, 0) is 102 Å². The lowest BCUT2D eigenvalue weighted by Gasteiger charge is -2.30. The Hall–Kier alpha value is -5.34. The summed E-state index contributed by atoms with van der Waals surface area (Å²) in [4.78, 5) is 9.93. The third kappa shape index (κ3) is 2.79. The molecule has 4 aromatic carbocycles. The van der Waals surface area contributed by atoms with Crippen LogP contribution < -0.4 is 0 Å². The predicted molar refractivity (Wildman–Crippen MR) is 173 cm³/mol. The minimum Gasteiger partial charge on any atom is -0.256 e. The summed E-state index contributed by atoms with van der Waals surface area (Å²) in [6.07, 6.45) is 13.4. The molecule has 0 aliphatic heterocycles. The van der Waals surface area contributed by atoms with E-state index in [9.17, 15) is 0 Å². The van der Waals surface area contributed by atoms with Gasteiger partial charge in [0.25, 0.3) is 0 Å². The zero-order chi connectivity index (χ0) is 27.4. The smallest absolute Gasteiger partial charge is 0.0714 e. The molecule has 0 fully saturated rings. The molecule has 0 amide bonds. The summed E-state index contributed by atoms with van der Waals surface area (Å²) in [5.74, 6) is 0.591. The third-order valence-electron chi connectivity index (χ3n) is 9.70. The van der Waals surface area contributed by atoms with E-state index in [4.69, 9.17) is 9.97 Å². The van der Waals surface area contributed by atoms with Crippen LogP contribution in [0.25, 0.3) is 66.4 Å². The number of nitrogens with zero attached hydrogens (tertiary/aromatic N) is 2. The molecule has 2 heteroatoms. The van der Waals surface area contributed by atoms with Crippen molar-refractivity contribution >= 4 is 43.8 Å². The van der Waals surface area contributed by atoms with Crippen molar-refractivity contribution in [3.05, 3.63) is 156 Å². The Morgan fingerprint density at radius 2 is 0.833 bits per heavy atom. The molecule has 0 saturated heterocycles. The second-order valence-corrected chi connectivity index (χ2v) is 11.7. The van der Waals surface area contributed by atoms with Crippen LogP contribution in [0.3, 0.4) is 0 Å². The van der Waals surface area contributed by atoms with Crippen molar-refractivity contribution in [1.29, 1.82) is 0 Å². The van der Waals surface area contributed by atoms with Gasteiger partial charge in [-0.3, -0.25) is 9.97 Å². The van der Waals surface area contributed by atoms with Crippen molar-refractivity contribution in [3.8, 4) is 22.5 Å². The molecule has 6 aromatic rings. The number of hydrogen-bond donors (Lipinski definition) is 0. The van der Waals surface area contributed by atoms with Crippen molar-refractivity contribution < 1.29 is 0 Å². The van der Waals surface area contributed by atoms with Crippen molar-refractivity contribution in [2.24, 2.45) is 11.8 Å². The summed E-state index contributed by atoms with van der Waals surface area (Å²) in [5, 5.41) is 4.92. The molecular formula is C40H24N2. The maximum absolute atomic E-state index is 4.97. The highest BCUT2D eigenvalue weighted by atomic mass is 14.7. The lowest BCUT2D eigenvalue weighted by atomic mass is 9.72. The Labute approximate surface area is 243 Å². The first-order valence-corrected chi connectivity index (χ1v) is 14.7. The van der Waals surface area contributed by atoms with E-state index in [0.717, 1.165) is 11.4 Å². The SMILES string of the molecule is C1=C2c3ccccc3C3=CC=C4c5c(c(-c6ccccn6)c6cc7ccccc7cc6c5-c5ccccn5)C(=C1)C4C23. The van der Waals surface area contributed by atoms with Gasteiger partial charge in [-0.2, -0.15) is 0 Å². The van der Waals surface area contributed by atoms with E-state index >= 15 is 0 Å². The van der Waals surface area contributed by atoms with E-state index < -0.39 is 0 Å². The van der Waals surface area contributed by atoms with E-state index in [1.54, 1.807) is 0 Å². The molecule has 0 saturated carbocycles. The van der Waals surface area contributed by atoms with Gasteiger partial charge in [0.05, 0.1) is 11.4 Å². The summed E-state index contributed by atoms with van der Waals surface area (Å²) in [6, 6.07) is 34.9. The third-order valence-corrected chi connectivity index (χ3v) is 9.70. The highest BCUT2D eigenvalue weighted by molar-refractivity contribution is 6.21. The van der Waals surface area contributed by atoms with Crippen LogP contribution in [0.15, 0.2) is 134 Å². The summed E-state index contributed by atoms with van der Waals surface area (Å²) < 4.78 is 0. The fraction of sp³-hybridized carbons (Fsp3) is 0.0500. The molecule has 0 N–H and O–H groups in total. The molecular weight excluding hydrogens is 508 g/mol. The molecule has 0 spiro atoms. The van der Waals surface area contributed by atoms with Crippen molar-refractivity contribution in [3.63, 3.8) is 0 Å². The summed E-state index contributed by atoms with van der Waals surface area (Å²) in [5.41, 5.74) is 15.5. The second-order valence-electron chi connectivity index (χ2n) is 11.7. The highest BCUT2D eigenvalue weighted by Gasteiger charge is 2.49. The lowest BCUT2D eigenvalue weighted by Crippen LogP contribution is -2.17. The number of rotatable bonds is 2. The molecule has 0 bridgehead atoms. The Bertz CT molecular complexity index is 2120. The Balaban J connectivity index is 1.41. The molecule has 4 aliphatic rings. The van der Waals surface area contributed by atoms with Gasteiger partial charge in [-0.1, -0.05) is 85.0 Å². The fourth-order valence-corrected chi connectivity index (χ4v) is 8.11. The van der Waals surface area contributed by atoms with Crippen molar-refractivity contribution in [2.75, 3.05) is 0 Å². The van der Waals surface area contributed by atoms with Crippen LogP contribution in [0.4, 0.5) is 0 Å². The molecule has 2 aromatic heterocycles. The first-order valence-electron chi connectivity index (χ1n) is 14.7. The maximum Gasteiger partial charge on any atom is 0.0714 e. The molecule has 10 rings (SSSR count). The van der Waals surface area contributed by atoms with Crippen molar-refractivity contribution in [1.82, 2.24) is 9.97 Å². The number of aromatic nitrogens is 2. The molecule has 4 aliphatic carbocycles. The molecule has 0 atom stereocenters. The quantitative estimate of drug-likeness (QED) is 0.208. The highest BCUT2D eigenvalue weighted by Crippen LogP contribution is 2.65. The minimum absolute atomic E-state index is 0.267. The van der Waals surface area contributed by atoms with Gasteiger partial charge in [0, 0.05) is 35.4 Å². The zero-order valence-electron chi connectivity index (χ0n) is 22.8. The molecule has 2 nitrogen and oxygen atoms in total. The molecule has 0 unspecified atom stereocenters. The van der Waals surface area contributed by atoms with Crippen LogP contribution >= 0.6 is 0 Å². The Morgan fingerprint density at radius 1 is 0.405 bits per heavy atom. The monoisotopic (exact) mass is 532 g/mol. The van der Waals surface area contributed by atoms with Crippen LogP contribution in [-0.2, 0) is 0 Å². The minimum atomic E-state index is 0.267. The fourth-order valence-electron chi connectivity index (χ4n) is 8.11. The van der Waals surface area contributed by atoms with Gasteiger partial charge < -0.3 is 0 Å². The largest absolute Gasteiger partial charge is 0.256 e. The zero-order valence-corrected chi connectivity index (χ0v) is 22.8. The van der Waals surface area contributed by atoms with Gasteiger partial charge in [-0.15, -0.1) is 0 Å². The molecule has 2 heterocycles. The van der Waals surface area contributed by atoms with E-state index in [-0.39, 0.29) is 5.92 Å². The van der Waals surface area contributed by atoms with Gasteiger partial charge in [0.2, 0.25) is 0 Å². The van der Waals surface area contributed by atoms with Crippen LogP contribution in [0.1, 0.15) is 22.3 Å². The second kappa shape index (κ2) is 8.11. The number of fused-ring (bicyclic) bond motifs is 8.